The highest BCUT2D eigenvalue weighted by atomic mass is 16.7. The maximum absolute atomic E-state index is 14.1. The molecule has 1 aliphatic heterocycles. The van der Waals surface area contributed by atoms with Gasteiger partial charge in [0.05, 0.1) is 18.2 Å². The Hall–Kier alpha value is -3.41. The van der Waals surface area contributed by atoms with Crippen LogP contribution in [0.3, 0.4) is 0 Å². The molecule has 0 bridgehead atoms. The number of allylic oxidation sites excluding steroid dienone is 1. The summed E-state index contributed by atoms with van der Waals surface area (Å²) in [6.45, 7) is 9.32. The van der Waals surface area contributed by atoms with Crippen LogP contribution in [0.2, 0.25) is 0 Å². The highest BCUT2D eigenvalue weighted by Crippen LogP contribution is 2.62. The number of fused-ring (bicyclic) bond motifs is 2. The molecule has 6 unspecified atom stereocenters. The fourth-order valence-electron chi connectivity index (χ4n) is 8.33. The van der Waals surface area contributed by atoms with E-state index in [1.165, 1.54) is 0 Å². The molecule has 0 aromatic heterocycles. The summed E-state index contributed by atoms with van der Waals surface area (Å²) in [7, 11) is 1.55. The Kier molecular flexibility index (Phi) is 12.8. The third kappa shape index (κ3) is 7.84. The maximum Gasteiger partial charge on any atom is 0.412 e. The second-order valence-corrected chi connectivity index (χ2v) is 13.7. The quantitative estimate of drug-likeness (QED) is 0.102. The van der Waals surface area contributed by atoms with Gasteiger partial charge in [-0.2, -0.15) is 0 Å². The van der Waals surface area contributed by atoms with Gasteiger partial charge in [-0.15, -0.1) is 6.58 Å². The lowest BCUT2D eigenvalue weighted by Crippen LogP contribution is -2.70. The van der Waals surface area contributed by atoms with Gasteiger partial charge in [-0.3, -0.25) is 4.79 Å². The van der Waals surface area contributed by atoms with Crippen molar-refractivity contribution in [3.63, 3.8) is 0 Å². The van der Waals surface area contributed by atoms with E-state index in [1.54, 1.807) is 19.3 Å². The third-order valence-corrected chi connectivity index (χ3v) is 10.4. The van der Waals surface area contributed by atoms with Gasteiger partial charge in [0.1, 0.15) is 24.7 Å². The van der Waals surface area contributed by atoms with E-state index in [-0.39, 0.29) is 55.3 Å². The number of carbonyl (C=O) groups is 2. The predicted octanol–water partition coefficient (Wildman–Crippen LogP) is 5.71. The minimum Gasteiger partial charge on any atom is -0.459 e. The molecule has 2 amide bonds. The SMILES string of the molecule is C=CCOC12Oc3ccc(OC(=O)NCC)cc3C3C(CCCCO)C(CCCCO)C=C(C(=NOC)CC1N(CCC)C(=O)C1CC1)C32. The van der Waals surface area contributed by atoms with E-state index in [0.717, 1.165) is 61.8 Å². The van der Waals surface area contributed by atoms with Gasteiger partial charge in [-0.1, -0.05) is 37.1 Å². The first-order chi connectivity index (χ1) is 23.9. The molecule has 0 spiro atoms. The molecule has 6 atom stereocenters. The van der Waals surface area contributed by atoms with Crippen molar-refractivity contribution >= 4 is 17.7 Å². The van der Waals surface area contributed by atoms with Gasteiger partial charge in [-0.25, -0.2) is 4.79 Å². The molecule has 4 aliphatic rings. The topological polar surface area (TPSA) is 139 Å². The van der Waals surface area contributed by atoms with Gasteiger partial charge in [0.2, 0.25) is 11.7 Å². The van der Waals surface area contributed by atoms with Crippen molar-refractivity contribution in [2.75, 3.05) is 40.0 Å². The van der Waals surface area contributed by atoms with Gasteiger partial charge in [0, 0.05) is 50.1 Å². The number of aliphatic hydroxyl groups is 2. The number of nitrogens with zero attached hydrogens (tertiary/aromatic N) is 2. The number of oxime groups is 1. The van der Waals surface area contributed by atoms with Crippen LogP contribution in [0.15, 0.2) is 47.7 Å². The molecule has 1 aromatic carbocycles. The first-order valence-electron chi connectivity index (χ1n) is 18.2. The largest absolute Gasteiger partial charge is 0.459 e. The molecule has 49 heavy (non-hydrogen) atoms. The number of carbonyl (C=O) groups excluding carboxylic acids is 2. The second kappa shape index (κ2) is 17.0. The Balaban J connectivity index is 1.75. The molecule has 1 aromatic rings. The lowest BCUT2D eigenvalue weighted by atomic mass is 9.55. The number of hydrogen-bond donors (Lipinski definition) is 3. The average molecular weight is 682 g/mol. The molecule has 270 valence electrons. The average Bonchev–Trinajstić information content (AvgIpc) is 3.94. The summed E-state index contributed by atoms with van der Waals surface area (Å²) in [5.41, 5.74) is 2.66. The summed E-state index contributed by atoms with van der Waals surface area (Å²) < 4.78 is 19.8. The van der Waals surface area contributed by atoms with E-state index in [0.29, 0.717) is 43.9 Å². The molecule has 1 heterocycles. The first kappa shape index (κ1) is 36.9. The van der Waals surface area contributed by atoms with E-state index in [9.17, 15) is 19.8 Å². The van der Waals surface area contributed by atoms with E-state index in [2.05, 4.69) is 30.1 Å². The minimum absolute atomic E-state index is 0.00287. The van der Waals surface area contributed by atoms with E-state index < -0.39 is 17.9 Å². The standard InChI is InChI=1S/C38H55N3O8/c1-5-18-41(36(44)25-14-15-25)33-24-31(40-46-4)29-22-26(12-8-10-19-42)28(13-9-11-20-43)34-30-23-27(48-37(45)39-7-3)16-17-32(30)49-38(33,35(29)34)47-21-6-2/h6,16-17,22-23,25-26,28,33-35,42-43H,2,5,7-15,18-21,24H2,1,3-4H3,(H,39,45). The molecule has 3 N–H and O–H groups in total. The lowest BCUT2D eigenvalue weighted by Gasteiger charge is -2.60. The van der Waals surface area contributed by atoms with Crippen molar-refractivity contribution in [1.82, 2.24) is 10.2 Å². The van der Waals surface area contributed by atoms with Crippen molar-refractivity contribution in [3.8, 4) is 11.5 Å². The summed E-state index contributed by atoms with van der Waals surface area (Å²) in [6, 6.07) is 5.01. The number of hydrogen-bond acceptors (Lipinski definition) is 9. The Morgan fingerprint density at radius 3 is 2.55 bits per heavy atom. The minimum atomic E-state index is -1.27. The summed E-state index contributed by atoms with van der Waals surface area (Å²) in [5, 5.41) is 26.8. The molecule has 5 rings (SSSR count). The molecule has 2 saturated carbocycles. The van der Waals surface area contributed by atoms with Crippen LogP contribution in [-0.4, -0.2) is 84.7 Å². The van der Waals surface area contributed by atoms with E-state index in [4.69, 9.17) is 19.0 Å². The van der Waals surface area contributed by atoms with Crippen LogP contribution < -0.4 is 14.8 Å². The number of aliphatic hydroxyl groups excluding tert-OH is 2. The molecular formula is C38H55N3O8. The van der Waals surface area contributed by atoms with Crippen molar-refractivity contribution in [2.24, 2.45) is 28.8 Å². The molecular weight excluding hydrogens is 626 g/mol. The highest BCUT2D eigenvalue weighted by molar-refractivity contribution is 6.03. The van der Waals surface area contributed by atoms with E-state index >= 15 is 0 Å². The lowest BCUT2D eigenvalue weighted by molar-refractivity contribution is -0.257. The number of ether oxygens (including phenoxy) is 3. The normalized spacial score (nSPS) is 27.7. The Morgan fingerprint density at radius 1 is 1.14 bits per heavy atom. The summed E-state index contributed by atoms with van der Waals surface area (Å²) in [4.78, 5) is 34.1. The Bertz CT molecular complexity index is 1380. The van der Waals surface area contributed by atoms with Crippen LogP contribution in [0.4, 0.5) is 4.79 Å². The van der Waals surface area contributed by atoms with Crippen LogP contribution in [-0.2, 0) is 14.4 Å². The highest BCUT2D eigenvalue weighted by Gasteiger charge is 2.65. The predicted molar refractivity (Wildman–Crippen MR) is 186 cm³/mol. The number of nitrogens with one attached hydrogen (secondary N) is 1. The van der Waals surface area contributed by atoms with Gasteiger partial charge >= 0.3 is 6.09 Å². The molecule has 0 saturated heterocycles. The number of amides is 2. The fraction of sp³-hybridized carbons (Fsp3) is 0.658. The fourth-order valence-corrected chi connectivity index (χ4v) is 8.33. The number of unbranched alkanes of at least 4 members (excludes halogenated alkanes) is 2. The first-order valence-corrected chi connectivity index (χ1v) is 18.2. The second-order valence-electron chi connectivity index (χ2n) is 13.7. The number of benzene rings is 1. The Morgan fingerprint density at radius 2 is 1.90 bits per heavy atom. The third-order valence-electron chi connectivity index (χ3n) is 10.4. The van der Waals surface area contributed by atoms with Crippen LogP contribution in [0.5, 0.6) is 11.5 Å². The molecule has 11 nitrogen and oxygen atoms in total. The number of rotatable bonds is 18. The van der Waals surface area contributed by atoms with Crippen molar-refractivity contribution in [1.29, 1.82) is 0 Å². The van der Waals surface area contributed by atoms with Gasteiger partial charge in [0.15, 0.2) is 0 Å². The zero-order valence-corrected chi connectivity index (χ0v) is 29.4. The monoisotopic (exact) mass is 681 g/mol. The molecule has 11 heteroatoms. The smallest absolute Gasteiger partial charge is 0.412 e. The summed E-state index contributed by atoms with van der Waals surface area (Å²) in [6.07, 6.45) is 11.2. The van der Waals surface area contributed by atoms with Crippen LogP contribution in [0, 0.1) is 23.7 Å². The van der Waals surface area contributed by atoms with Crippen LogP contribution >= 0.6 is 0 Å². The summed E-state index contributed by atoms with van der Waals surface area (Å²) >= 11 is 0. The van der Waals surface area contributed by atoms with Crippen molar-refractivity contribution < 1.29 is 38.9 Å². The zero-order chi connectivity index (χ0) is 35.0. The van der Waals surface area contributed by atoms with Crippen molar-refractivity contribution in [3.05, 3.63) is 48.1 Å². The van der Waals surface area contributed by atoms with Gasteiger partial charge in [0.25, 0.3) is 0 Å². The van der Waals surface area contributed by atoms with Crippen LogP contribution in [0.1, 0.15) is 89.5 Å². The van der Waals surface area contributed by atoms with Crippen molar-refractivity contribution in [2.45, 2.75) is 95.8 Å². The zero-order valence-electron chi connectivity index (χ0n) is 29.4. The van der Waals surface area contributed by atoms with Gasteiger partial charge < -0.3 is 39.5 Å². The van der Waals surface area contributed by atoms with Crippen LogP contribution in [0.25, 0.3) is 0 Å². The molecule has 0 radical (unpaired) electrons. The van der Waals surface area contributed by atoms with E-state index in [1.807, 2.05) is 24.0 Å². The Labute approximate surface area is 290 Å². The summed E-state index contributed by atoms with van der Waals surface area (Å²) in [5.74, 6) is -0.459. The molecule has 2 fully saturated rings. The molecule has 3 aliphatic carbocycles. The maximum atomic E-state index is 14.1. The van der Waals surface area contributed by atoms with Gasteiger partial charge in [-0.05, 0) is 87.5 Å².